The van der Waals surface area contributed by atoms with Gasteiger partial charge in [-0.1, -0.05) is 19.2 Å². The van der Waals surface area contributed by atoms with E-state index in [9.17, 15) is 14.4 Å². The maximum atomic E-state index is 15.2. The van der Waals surface area contributed by atoms with Gasteiger partial charge < -0.3 is 25.2 Å². The van der Waals surface area contributed by atoms with Gasteiger partial charge in [-0.2, -0.15) is 0 Å². The molecular formula is C48H61FN8O4. The SMILES string of the molecule is C=C/C(=C(/C)C1=C(C)OCCN1)N1CC/C(=C/N=C(C)Nc2ccc(CC(=O)CCC3CC(N4CCN(c5ccc(N6CCC(=O)NC6=O)c(C)c5)CC4)C3)c(F)c2)C(=C)C1. The predicted molar refractivity (Wildman–Crippen MR) is 241 cm³/mol. The molecule has 0 spiro atoms. The molecule has 2 aromatic carbocycles. The molecule has 0 atom stereocenters. The van der Waals surface area contributed by atoms with Gasteiger partial charge in [0.2, 0.25) is 5.91 Å². The van der Waals surface area contributed by atoms with Crippen molar-refractivity contribution in [3.63, 3.8) is 0 Å². The normalized spacial score (nSPS) is 22.6. The summed E-state index contributed by atoms with van der Waals surface area (Å²) in [6.07, 6.45) is 8.43. The minimum Gasteiger partial charge on any atom is -0.494 e. The molecule has 12 nitrogen and oxygen atoms in total. The number of ketones is 1. The van der Waals surface area contributed by atoms with Gasteiger partial charge in [0.15, 0.2) is 0 Å². The zero-order valence-electron chi connectivity index (χ0n) is 36.2. The number of aryl methyl sites for hydroxylation is 1. The van der Waals surface area contributed by atoms with Crippen LogP contribution in [0.4, 0.5) is 26.2 Å². The first-order chi connectivity index (χ1) is 29.4. The Kier molecular flexibility index (Phi) is 13.8. The van der Waals surface area contributed by atoms with E-state index in [1.807, 2.05) is 39.1 Å². The summed E-state index contributed by atoms with van der Waals surface area (Å²) < 4.78 is 21.0. The third-order valence-corrected chi connectivity index (χ3v) is 12.8. The zero-order chi connectivity index (χ0) is 43.2. The molecule has 61 heavy (non-hydrogen) atoms. The fourth-order valence-electron chi connectivity index (χ4n) is 9.19. The highest BCUT2D eigenvalue weighted by Crippen LogP contribution is 2.37. The molecule has 0 radical (unpaired) electrons. The largest absolute Gasteiger partial charge is 0.494 e. The number of ether oxygens (including phenoxy) is 1. The van der Waals surface area contributed by atoms with E-state index in [0.717, 1.165) is 116 Å². The molecule has 4 heterocycles. The predicted octanol–water partition coefficient (Wildman–Crippen LogP) is 7.36. The molecule has 0 bridgehead atoms. The number of hydrogen-bond donors (Lipinski definition) is 3. The number of hydrogen-bond acceptors (Lipinski definition) is 9. The molecule has 2 aromatic rings. The fourth-order valence-corrected chi connectivity index (χ4v) is 9.19. The standard InChI is InChI=1S/C48H61FN8O4/c1-7-44(33(4)47-34(5)61-23-16-50-47)56-17-14-38(32(3)30-56)29-51-35(6)52-39-10-9-37(43(49)28-39)27-42(58)12-8-36-25-41(26-36)55-21-19-54(20-22-55)40-11-13-45(31(2)24-40)57-18-15-46(59)53-48(57)60/h7,9-11,13,24,28-29,36,41,50H,1,3,8,12,14-23,25-27,30H2,2,4-6H3,(H,51,52)(H,53,59,60)/b38-29-,44-33+. The number of anilines is 3. The van der Waals surface area contributed by atoms with Crippen molar-refractivity contribution in [2.45, 2.75) is 78.7 Å². The molecule has 3 amide bonds. The Hall–Kier alpha value is -5.69. The van der Waals surface area contributed by atoms with Crippen LogP contribution in [0.2, 0.25) is 0 Å². The number of piperazine rings is 1. The van der Waals surface area contributed by atoms with Crippen LogP contribution < -0.4 is 25.8 Å². The summed E-state index contributed by atoms with van der Waals surface area (Å²) in [7, 11) is 0. The van der Waals surface area contributed by atoms with Crippen molar-refractivity contribution >= 4 is 40.6 Å². The number of piperidine rings is 1. The summed E-state index contributed by atoms with van der Waals surface area (Å²) in [6, 6.07) is 11.3. The van der Waals surface area contributed by atoms with Gasteiger partial charge in [-0.3, -0.25) is 24.7 Å². The van der Waals surface area contributed by atoms with Crippen LogP contribution in [0.25, 0.3) is 0 Å². The molecule has 1 aliphatic carbocycles. The Balaban J connectivity index is 0.812. The van der Waals surface area contributed by atoms with Crippen molar-refractivity contribution < 1.29 is 23.5 Å². The highest BCUT2D eigenvalue weighted by molar-refractivity contribution is 6.06. The van der Waals surface area contributed by atoms with Gasteiger partial charge in [-0.25, -0.2) is 14.2 Å². The van der Waals surface area contributed by atoms with Crippen LogP contribution in [-0.2, 0) is 20.7 Å². The molecular weight excluding hydrogens is 772 g/mol. The number of carbonyl (C=O) groups is 3. The summed E-state index contributed by atoms with van der Waals surface area (Å²) in [5.74, 6) is 1.49. The monoisotopic (exact) mass is 832 g/mol. The topological polar surface area (TPSA) is 122 Å². The number of carbonyl (C=O) groups excluding carboxylic acids is 3. The molecule has 5 aliphatic rings. The molecule has 3 N–H and O–H groups in total. The molecule has 1 saturated carbocycles. The van der Waals surface area contributed by atoms with Crippen molar-refractivity contribution in [2.24, 2.45) is 10.9 Å². The van der Waals surface area contributed by atoms with E-state index in [0.29, 0.717) is 61.6 Å². The number of rotatable bonds is 13. The number of aliphatic imine (C=N–C) groups is 1. The summed E-state index contributed by atoms with van der Waals surface area (Å²) in [5.41, 5.74) is 9.23. The van der Waals surface area contributed by atoms with Crippen LogP contribution in [0, 0.1) is 18.7 Å². The Bertz CT molecular complexity index is 2180. The van der Waals surface area contributed by atoms with Crippen LogP contribution in [0.1, 0.15) is 70.4 Å². The first kappa shape index (κ1) is 43.4. The van der Waals surface area contributed by atoms with E-state index >= 15 is 4.39 Å². The van der Waals surface area contributed by atoms with E-state index < -0.39 is 5.82 Å². The molecule has 3 saturated heterocycles. The molecule has 0 unspecified atom stereocenters. The lowest BCUT2D eigenvalue weighted by Gasteiger charge is -2.47. The Morgan fingerprint density at radius 3 is 2.51 bits per heavy atom. The first-order valence-electron chi connectivity index (χ1n) is 21.7. The first-order valence-corrected chi connectivity index (χ1v) is 21.7. The van der Waals surface area contributed by atoms with E-state index in [1.165, 1.54) is 6.07 Å². The minimum atomic E-state index is -0.395. The number of allylic oxidation sites excluding steroid dienone is 3. The van der Waals surface area contributed by atoms with E-state index in [1.54, 1.807) is 17.0 Å². The van der Waals surface area contributed by atoms with Crippen LogP contribution in [0.5, 0.6) is 0 Å². The quantitative estimate of drug-likeness (QED) is 0.108. The number of urea groups is 1. The molecule has 0 aromatic heterocycles. The van der Waals surface area contributed by atoms with Gasteiger partial charge in [-0.15, -0.1) is 0 Å². The van der Waals surface area contributed by atoms with Gasteiger partial charge in [0.25, 0.3) is 0 Å². The van der Waals surface area contributed by atoms with Crippen LogP contribution in [-0.4, -0.2) is 98.4 Å². The van der Waals surface area contributed by atoms with Gasteiger partial charge in [-0.05, 0) is 124 Å². The summed E-state index contributed by atoms with van der Waals surface area (Å²) >= 11 is 0. The lowest BCUT2D eigenvalue weighted by atomic mass is 9.76. The van der Waals surface area contributed by atoms with Gasteiger partial charge in [0, 0.05) is 107 Å². The molecule has 13 heteroatoms. The van der Waals surface area contributed by atoms with Crippen molar-refractivity contribution in [3.8, 4) is 0 Å². The summed E-state index contributed by atoms with van der Waals surface area (Å²) in [4.78, 5) is 50.4. The van der Waals surface area contributed by atoms with Crippen molar-refractivity contribution in [1.29, 1.82) is 0 Å². The number of nitrogens with zero attached hydrogens (tertiary/aromatic N) is 5. The van der Waals surface area contributed by atoms with Crippen molar-refractivity contribution in [1.82, 2.24) is 20.4 Å². The average molecular weight is 833 g/mol. The Morgan fingerprint density at radius 1 is 1.03 bits per heavy atom. The number of amides is 3. The molecule has 7 rings (SSSR count). The number of likely N-dealkylation sites (tertiary alicyclic amines) is 1. The average Bonchev–Trinajstić information content (AvgIpc) is 3.22. The number of halogens is 1. The third kappa shape index (κ3) is 10.4. The van der Waals surface area contributed by atoms with Crippen LogP contribution >= 0.6 is 0 Å². The van der Waals surface area contributed by atoms with E-state index in [4.69, 9.17) is 4.74 Å². The summed E-state index contributed by atoms with van der Waals surface area (Å²) in [6.45, 7) is 23.5. The van der Waals surface area contributed by atoms with Crippen LogP contribution in [0.3, 0.4) is 0 Å². The Labute approximate surface area is 359 Å². The van der Waals surface area contributed by atoms with Gasteiger partial charge >= 0.3 is 6.03 Å². The fraction of sp³-hybridized carbons (Fsp3) is 0.458. The smallest absolute Gasteiger partial charge is 0.328 e. The minimum absolute atomic E-state index is 0.0702. The highest BCUT2D eigenvalue weighted by Gasteiger charge is 2.35. The second kappa shape index (κ2) is 19.4. The van der Waals surface area contributed by atoms with Crippen molar-refractivity contribution in [3.05, 3.63) is 113 Å². The third-order valence-electron chi connectivity index (χ3n) is 12.8. The second-order valence-corrected chi connectivity index (χ2v) is 17.0. The number of Topliss-reactive ketones (excluding diaryl/α,β-unsaturated/α-hetero) is 1. The molecule has 4 aliphatic heterocycles. The lowest BCUT2D eigenvalue weighted by molar-refractivity contribution is -0.120. The highest BCUT2D eigenvalue weighted by atomic mass is 19.1. The van der Waals surface area contributed by atoms with E-state index in [2.05, 4.69) is 67.9 Å². The maximum absolute atomic E-state index is 15.2. The Morgan fingerprint density at radius 2 is 1.82 bits per heavy atom. The number of amidine groups is 1. The van der Waals surface area contributed by atoms with Gasteiger partial charge in [0.05, 0.1) is 5.70 Å². The second-order valence-electron chi connectivity index (χ2n) is 17.0. The summed E-state index contributed by atoms with van der Waals surface area (Å²) in [5, 5.41) is 9.05. The number of imide groups is 1. The number of benzene rings is 2. The molecule has 324 valence electrons. The lowest BCUT2D eigenvalue weighted by Crippen LogP contribution is -2.54. The van der Waals surface area contributed by atoms with Gasteiger partial charge in [0.1, 0.15) is 29.8 Å². The number of nitrogens with one attached hydrogen (secondary N) is 3. The van der Waals surface area contributed by atoms with Crippen molar-refractivity contribution in [2.75, 3.05) is 74.1 Å². The zero-order valence-corrected chi connectivity index (χ0v) is 36.2. The van der Waals surface area contributed by atoms with Crippen LogP contribution in [0.15, 0.2) is 101 Å². The van der Waals surface area contributed by atoms with E-state index in [-0.39, 0.29) is 24.1 Å². The maximum Gasteiger partial charge on any atom is 0.328 e. The molecule has 4 fully saturated rings.